The van der Waals surface area contributed by atoms with Crippen LogP contribution in [0.5, 0.6) is 5.75 Å². The molecule has 1 amide bonds. The lowest BCUT2D eigenvalue weighted by molar-refractivity contribution is 0.0948. The second-order valence-electron chi connectivity index (χ2n) is 4.24. The number of ether oxygens (including phenoxy) is 1. The number of aromatic nitrogens is 2. The van der Waals surface area contributed by atoms with Crippen molar-refractivity contribution in [3.8, 4) is 11.4 Å². The van der Waals surface area contributed by atoms with Gasteiger partial charge in [0.15, 0.2) is 5.69 Å². The highest BCUT2D eigenvalue weighted by molar-refractivity contribution is 5.92. The highest BCUT2D eigenvalue weighted by Gasteiger charge is 2.09. The Balaban J connectivity index is 2.05. The molecule has 2 rings (SSSR count). The molecule has 0 saturated heterocycles. The fourth-order valence-corrected chi connectivity index (χ4v) is 1.72. The van der Waals surface area contributed by atoms with Crippen molar-refractivity contribution in [3.63, 3.8) is 0 Å². The summed E-state index contributed by atoms with van der Waals surface area (Å²) in [6, 6.07) is 9.13. The molecule has 0 atom stereocenters. The van der Waals surface area contributed by atoms with Crippen molar-refractivity contribution >= 4 is 5.91 Å². The minimum Gasteiger partial charge on any atom is -0.497 e. The van der Waals surface area contributed by atoms with Crippen molar-refractivity contribution in [3.05, 3.63) is 42.2 Å². The molecule has 6 heteroatoms. The molecular weight excluding hydrogens is 256 g/mol. The number of benzene rings is 1. The molecular formula is C14H18N4O2. The number of hydrogen-bond acceptors (Lipinski definition) is 4. The number of methoxy groups -OCH3 is 1. The molecule has 2 aromatic rings. The number of carbonyl (C=O) groups is 1. The number of carbonyl (C=O) groups excluding carboxylic acids is 1. The summed E-state index contributed by atoms with van der Waals surface area (Å²) >= 11 is 0. The van der Waals surface area contributed by atoms with Crippen LogP contribution in [0.1, 0.15) is 16.9 Å². The Morgan fingerprint density at radius 2 is 2.10 bits per heavy atom. The molecule has 0 bridgehead atoms. The molecule has 0 unspecified atom stereocenters. The average molecular weight is 274 g/mol. The van der Waals surface area contributed by atoms with Crippen LogP contribution in [0.25, 0.3) is 5.69 Å². The number of nitrogens with one attached hydrogen (secondary N) is 1. The Labute approximate surface area is 117 Å². The van der Waals surface area contributed by atoms with E-state index >= 15 is 0 Å². The third kappa shape index (κ3) is 3.36. The topological polar surface area (TPSA) is 82.2 Å². The molecule has 1 aromatic carbocycles. The lowest BCUT2D eigenvalue weighted by Crippen LogP contribution is -2.26. The highest BCUT2D eigenvalue weighted by Crippen LogP contribution is 2.14. The van der Waals surface area contributed by atoms with Crippen molar-refractivity contribution in [2.45, 2.75) is 6.42 Å². The zero-order valence-corrected chi connectivity index (χ0v) is 11.4. The van der Waals surface area contributed by atoms with Crippen molar-refractivity contribution in [1.29, 1.82) is 0 Å². The van der Waals surface area contributed by atoms with Gasteiger partial charge in [-0.2, -0.15) is 5.10 Å². The van der Waals surface area contributed by atoms with E-state index in [1.807, 2.05) is 24.3 Å². The molecule has 20 heavy (non-hydrogen) atoms. The summed E-state index contributed by atoms with van der Waals surface area (Å²) in [5.74, 6) is 0.589. The van der Waals surface area contributed by atoms with E-state index in [2.05, 4.69) is 10.4 Å². The third-order valence-corrected chi connectivity index (χ3v) is 2.83. The van der Waals surface area contributed by atoms with E-state index in [-0.39, 0.29) is 5.91 Å². The molecule has 0 aliphatic rings. The first-order chi connectivity index (χ1) is 9.74. The quantitative estimate of drug-likeness (QED) is 0.769. The molecule has 0 aliphatic heterocycles. The van der Waals surface area contributed by atoms with Crippen molar-refractivity contribution in [2.24, 2.45) is 5.73 Å². The van der Waals surface area contributed by atoms with Crippen LogP contribution in [0.4, 0.5) is 0 Å². The van der Waals surface area contributed by atoms with Crippen LogP contribution in [-0.4, -0.2) is 35.9 Å². The summed E-state index contributed by atoms with van der Waals surface area (Å²) in [5, 5.41) is 7.02. The predicted octanol–water partition coefficient (Wildman–Crippen LogP) is 0.959. The van der Waals surface area contributed by atoms with Crippen LogP contribution in [0.2, 0.25) is 0 Å². The van der Waals surface area contributed by atoms with E-state index in [1.54, 1.807) is 24.1 Å². The summed E-state index contributed by atoms with van der Waals surface area (Å²) in [6.45, 7) is 1.12. The summed E-state index contributed by atoms with van der Waals surface area (Å²) < 4.78 is 6.75. The molecule has 0 saturated carbocycles. The van der Waals surface area contributed by atoms with Gasteiger partial charge in [0.05, 0.1) is 12.8 Å². The smallest absolute Gasteiger partial charge is 0.271 e. The Morgan fingerprint density at radius 3 is 2.75 bits per heavy atom. The zero-order valence-electron chi connectivity index (χ0n) is 11.4. The van der Waals surface area contributed by atoms with E-state index in [4.69, 9.17) is 10.5 Å². The van der Waals surface area contributed by atoms with E-state index in [0.29, 0.717) is 18.8 Å². The lowest BCUT2D eigenvalue weighted by Gasteiger charge is -2.03. The van der Waals surface area contributed by atoms with Gasteiger partial charge in [-0.3, -0.25) is 4.79 Å². The van der Waals surface area contributed by atoms with Gasteiger partial charge < -0.3 is 15.8 Å². The Kier molecular flexibility index (Phi) is 4.73. The van der Waals surface area contributed by atoms with Gasteiger partial charge in [0.2, 0.25) is 0 Å². The fraction of sp³-hybridized carbons (Fsp3) is 0.286. The van der Waals surface area contributed by atoms with Gasteiger partial charge in [0.1, 0.15) is 5.75 Å². The van der Waals surface area contributed by atoms with E-state index in [1.165, 1.54) is 0 Å². The molecule has 106 valence electrons. The van der Waals surface area contributed by atoms with Crippen molar-refractivity contribution in [2.75, 3.05) is 20.2 Å². The minimum absolute atomic E-state index is 0.189. The van der Waals surface area contributed by atoms with Crippen LogP contribution in [-0.2, 0) is 0 Å². The standard InChI is InChI=1S/C14H18N4O2/c1-20-12-5-3-11(4-6-12)18-10-7-13(17-18)14(19)16-9-2-8-15/h3-7,10H,2,8-9,15H2,1H3,(H,16,19). The lowest BCUT2D eigenvalue weighted by atomic mass is 10.3. The molecule has 0 aliphatic carbocycles. The van der Waals surface area contributed by atoms with Crippen LogP contribution >= 0.6 is 0 Å². The number of hydrogen-bond donors (Lipinski definition) is 2. The van der Waals surface area contributed by atoms with Gasteiger partial charge in [-0.15, -0.1) is 0 Å². The molecule has 1 aromatic heterocycles. The highest BCUT2D eigenvalue weighted by atomic mass is 16.5. The van der Waals surface area contributed by atoms with Crippen molar-refractivity contribution in [1.82, 2.24) is 15.1 Å². The van der Waals surface area contributed by atoms with Gasteiger partial charge in [-0.1, -0.05) is 0 Å². The average Bonchev–Trinajstić information content (AvgIpc) is 2.97. The van der Waals surface area contributed by atoms with Crippen LogP contribution in [0.15, 0.2) is 36.5 Å². The largest absolute Gasteiger partial charge is 0.497 e. The Morgan fingerprint density at radius 1 is 1.35 bits per heavy atom. The maximum atomic E-state index is 11.8. The SMILES string of the molecule is COc1ccc(-n2ccc(C(=O)NCCCN)n2)cc1. The monoisotopic (exact) mass is 274 g/mol. The summed E-state index contributed by atoms with van der Waals surface area (Å²) in [4.78, 5) is 11.8. The van der Waals surface area contributed by atoms with E-state index in [9.17, 15) is 4.79 Å². The van der Waals surface area contributed by atoms with Gasteiger partial charge in [-0.25, -0.2) is 4.68 Å². The van der Waals surface area contributed by atoms with E-state index in [0.717, 1.165) is 17.9 Å². The summed E-state index contributed by atoms with van der Waals surface area (Å²) in [6.07, 6.45) is 2.50. The molecule has 0 spiro atoms. The number of amides is 1. The Hall–Kier alpha value is -2.34. The van der Waals surface area contributed by atoms with Gasteiger partial charge in [0, 0.05) is 12.7 Å². The predicted molar refractivity (Wildman–Crippen MR) is 76.1 cm³/mol. The first-order valence-corrected chi connectivity index (χ1v) is 6.43. The number of nitrogens with two attached hydrogens (primary N) is 1. The van der Waals surface area contributed by atoms with E-state index < -0.39 is 0 Å². The van der Waals surface area contributed by atoms with Crippen LogP contribution in [0, 0.1) is 0 Å². The van der Waals surface area contributed by atoms with Crippen molar-refractivity contribution < 1.29 is 9.53 Å². The summed E-state index contributed by atoms with van der Waals surface area (Å²) in [7, 11) is 1.62. The molecule has 0 radical (unpaired) electrons. The first-order valence-electron chi connectivity index (χ1n) is 6.43. The first kappa shape index (κ1) is 14.1. The molecule has 1 heterocycles. The fourth-order valence-electron chi connectivity index (χ4n) is 1.72. The minimum atomic E-state index is -0.189. The number of rotatable bonds is 6. The normalized spacial score (nSPS) is 10.3. The zero-order chi connectivity index (χ0) is 14.4. The second-order valence-corrected chi connectivity index (χ2v) is 4.24. The maximum Gasteiger partial charge on any atom is 0.271 e. The Bertz CT molecular complexity index is 563. The maximum absolute atomic E-state index is 11.8. The van der Waals surface area contributed by atoms with Crippen LogP contribution in [0.3, 0.4) is 0 Å². The van der Waals surface area contributed by atoms with Gasteiger partial charge in [0.25, 0.3) is 5.91 Å². The van der Waals surface area contributed by atoms with Crippen LogP contribution < -0.4 is 15.8 Å². The number of nitrogens with zero attached hydrogens (tertiary/aromatic N) is 2. The summed E-state index contributed by atoms with van der Waals surface area (Å²) in [5.41, 5.74) is 6.63. The third-order valence-electron chi connectivity index (χ3n) is 2.83. The molecule has 3 N–H and O–H groups in total. The van der Waals surface area contributed by atoms with Gasteiger partial charge in [-0.05, 0) is 43.3 Å². The second kappa shape index (κ2) is 6.72. The molecule has 0 fully saturated rings. The van der Waals surface area contributed by atoms with Gasteiger partial charge >= 0.3 is 0 Å². The molecule has 6 nitrogen and oxygen atoms in total.